The molecule has 0 bridgehead atoms. The van der Waals surface area contributed by atoms with Crippen LogP contribution in [0.15, 0.2) is 18.2 Å². The SMILES string of the molecule is Cc1ccc(OCC(=O)N(CCO)CC(F)(F)F)cc1C. The maximum Gasteiger partial charge on any atom is 0.406 e. The van der Waals surface area contributed by atoms with Gasteiger partial charge in [0.05, 0.1) is 6.61 Å². The van der Waals surface area contributed by atoms with E-state index in [-0.39, 0.29) is 6.54 Å². The topological polar surface area (TPSA) is 49.8 Å². The van der Waals surface area contributed by atoms with Crippen LogP contribution in [-0.4, -0.2) is 48.4 Å². The van der Waals surface area contributed by atoms with E-state index in [0.29, 0.717) is 10.6 Å². The van der Waals surface area contributed by atoms with Gasteiger partial charge in [0.15, 0.2) is 6.61 Å². The van der Waals surface area contributed by atoms with Gasteiger partial charge in [0.2, 0.25) is 0 Å². The van der Waals surface area contributed by atoms with Gasteiger partial charge in [-0.2, -0.15) is 13.2 Å². The molecular weight excluding hydrogens is 287 g/mol. The monoisotopic (exact) mass is 305 g/mol. The second kappa shape index (κ2) is 7.31. The third kappa shape index (κ3) is 6.03. The first-order chi connectivity index (χ1) is 9.73. The standard InChI is InChI=1S/C14H18F3NO3/c1-10-3-4-12(7-11(10)2)21-8-13(20)18(5-6-19)9-14(15,16)17/h3-4,7,19H,5-6,8-9H2,1-2H3. The Hall–Kier alpha value is -1.76. The van der Waals surface area contributed by atoms with E-state index in [1.165, 1.54) is 0 Å². The summed E-state index contributed by atoms with van der Waals surface area (Å²) in [6.45, 7) is 0.962. The maximum absolute atomic E-state index is 12.3. The van der Waals surface area contributed by atoms with Crippen molar-refractivity contribution >= 4 is 5.91 Å². The van der Waals surface area contributed by atoms with Gasteiger partial charge in [-0.25, -0.2) is 0 Å². The van der Waals surface area contributed by atoms with Gasteiger partial charge in [-0.1, -0.05) is 6.07 Å². The molecule has 1 aromatic carbocycles. The van der Waals surface area contributed by atoms with Crippen molar-refractivity contribution in [1.82, 2.24) is 4.90 Å². The number of hydrogen-bond donors (Lipinski definition) is 1. The van der Waals surface area contributed by atoms with Gasteiger partial charge in [-0.15, -0.1) is 0 Å². The van der Waals surface area contributed by atoms with Crippen LogP contribution in [-0.2, 0) is 4.79 Å². The zero-order valence-corrected chi connectivity index (χ0v) is 11.9. The number of aliphatic hydroxyl groups excluding tert-OH is 1. The number of carbonyl (C=O) groups excluding carboxylic acids is 1. The molecule has 0 radical (unpaired) electrons. The number of benzene rings is 1. The molecule has 0 saturated carbocycles. The van der Waals surface area contributed by atoms with Gasteiger partial charge in [0.25, 0.3) is 5.91 Å². The number of halogens is 3. The summed E-state index contributed by atoms with van der Waals surface area (Å²) in [5.41, 5.74) is 2.01. The Balaban J connectivity index is 2.62. The van der Waals surface area contributed by atoms with Gasteiger partial charge < -0.3 is 14.7 Å². The van der Waals surface area contributed by atoms with Crippen LogP contribution in [0, 0.1) is 13.8 Å². The Bertz CT molecular complexity index is 489. The summed E-state index contributed by atoms with van der Waals surface area (Å²) in [5, 5.41) is 8.73. The number of hydrogen-bond acceptors (Lipinski definition) is 3. The second-order valence-corrected chi connectivity index (χ2v) is 4.69. The molecule has 0 aromatic heterocycles. The summed E-state index contributed by atoms with van der Waals surface area (Å²) in [5.74, 6) is -0.401. The van der Waals surface area contributed by atoms with Crippen LogP contribution in [0.25, 0.3) is 0 Å². The van der Waals surface area contributed by atoms with Crippen molar-refractivity contribution in [2.24, 2.45) is 0 Å². The van der Waals surface area contributed by atoms with Gasteiger partial charge in [-0.3, -0.25) is 4.79 Å². The predicted molar refractivity (Wildman–Crippen MR) is 71.1 cm³/mol. The van der Waals surface area contributed by atoms with Crippen LogP contribution < -0.4 is 4.74 Å². The lowest BCUT2D eigenvalue weighted by atomic mass is 10.1. The van der Waals surface area contributed by atoms with E-state index in [4.69, 9.17) is 9.84 Å². The van der Waals surface area contributed by atoms with Gasteiger partial charge >= 0.3 is 6.18 Å². The number of alkyl halides is 3. The summed E-state index contributed by atoms with van der Waals surface area (Å²) < 4.78 is 42.2. The number of nitrogens with zero attached hydrogens (tertiary/aromatic N) is 1. The molecule has 1 amide bonds. The fraction of sp³-hybridized carbons (Fsp3) is 0.500. The molecule has 0 heterocycles. The molecule has 1 aromatic rings. The predicted octanol–water partition coefficient (Wildman–Crippen LogP) is 2.07. The van der Waals surface area contributed by atoms with Crippen molar-refractivity contribution in [2.75, 3.05) is 26.3 Å². The van der Waals surface area contributed by atoms with E-state index in [2.05, 4.69) is 0 Å². The lowest BCUT2D eigenvalue weighted by molar-refractivity contribution is -0.163. The minimum atomic E-state index is -4.51. The minimum absolute atomic E-state index is 0.380. The second-order valence-electron chi connectivity index (χ2n) is 4.69. The van der Waals surface area contributed by atoms with Crippen LogP contribution in [0.3, 0.4) is 0 Å². The van der Waals surface area contributed by atoms with E-state index in [9.17, 15) is 18.0 Å². The summed E-state index contributed by atoms with van der Waals surface area (Å²) in [6, 6.07) is 5.16. The molecule has 1 rings (SSSR count). The normalized spacial score (nSPS) is 11.3. The lowest BCUT2D eigenvalue weighted by Gasteiger charge is -2.23. The molecule has 1 N–H and O–H groups in total. The first-order valence-corrected chi connectivity index (χ1v) is 6.38. The van der Waals surface area contributed by atoms with Crippen LogP contribution in [0.1, 0.15) is 11.1 Å². The Morgan fingerprint density at radius 2 is 1.95 bits per heavy atom. The van der Waals surface area contributed by atoms with E-state index in [1.54, 1.807) is 18.2 Å². The molecule has 0 aliphatic heterocycles. The van der Waals surface area contributed by atoms with Crippen LogP contribution in [0.4, 0.5) is 13.2 Å². The Kier molecular flexibility index (Phi) is 6.02. The quantitative estimate of drug-likeness (QED) is 0.875. The number of aliphatic hydroxyl groups is 1. The number of aryl methyl sites for hydroxylation is 2. The summed E-state index contributed by atoms with van der Waals surface area (Å²) in [7, 11) is 0. The number of carbonyl (C=O) groups is 1. The van der Waals surface area contributed by atoms with Crippen molar-refractivity contribution in [2.45, 2.75) is 20.0 Å². The van der Waals surface area contributed by atoms with Crippen molar-refractivity contribution in [1.29, 1.82) is 0 Å². The average molecular weight is 305 g/mol. The van der Waals surface area contributed by atoms with Crippen molar-refractivity contribution in [3.63, 3.8) is 0 Å². The smallest absolute Gasteiger partial charge is 0.406 e. The molecule has 0 spiro atoms. The van der Waals surface area contributed by atoms with Gasteiger partial charge in [-0.05, 0) is 37.1 Å². The molecule has 0 aliphatic carbocycles. The van der Waals surface area contributed by atoms with Gasteiger partial charge in [0.1, 0.15) is 12.3 Å². The Morgan fingerprint density at radius 1 is 1.29 bits per heavy atom. The van der Waals surface area contributed by atoms with E-state index in [0.717, 1.165) is 11.1 Å². The van der Waals surface area contributed by atoms with Crippen molar-refractivity contribution in [3.05, 3.63) is 29.3 Å². The lowest BCUT2D eigenvalue weighted by Crippen LogP contribution is -2.42. The third-order valence-corrected chi connectivity index (χ3v) is 2.93. The van der Waals surface area contributed by atoms with E-state index in [1.807, 2.05) is 13.8 Å². The molecule has 21 heavy (non-hydrogen) atoms. The minimum Gasteiger partial charge on any atom is -0.484 e. The Morgan fingerprint density at radius 3 is 2.48 bits per heavy atom. The van der Waals surface area contributed by atoms with Crippen LogP contribution in [0.2, 0.25) is 0 Å². The highest BCUT2D eigenvalue weighted by Crippen LogP contribution is 2.18. The molecule has 4 nitrogen and oxygen atoms in total. The zero-order chi connectivity index (χ0) is 16.0. The number of rotatable bonds is 6. The van der Waals surface area contributed by atoms with Crippen molar-refractivity contribution < 1.29 is 27.8 Å². The zero-order valence-electron chi connectivity index (χ0n) is 11.9. The molecule has 118 valence electrons. The van der Waals surface area contributed by atoms with Crippen LogP contribution >= 0.6 is 0 Å². The van der Waals surface area contributed by atoms with E-state index >= 15 is 0 Å². The number of amides is 1. The Labute approximate surface area is 121 Å². The van der Waals surface area contributed by atoms with Crippen molar-refractivity contribution in [3.8, 4) is 5.75 Å². The molecule has 0 aliphatic rings. The highest BCUT2D eigenvalue weighted by atomic mass is 19.4. The average Bonchev–Trinajstić information content (AvgIpc) is 2.38. The molecule has 0 saturated heterocycles. The summed E-state index contributed by atoms with van der Waals surface area (Å²) in [4.78, 5) is 12.3. The van der Waals surface area contributed by atoms with Gasteiger partial charge in [0, 0.05) is 6.54 Å². The summed E-state index contributed by atoms with van der Waals surface area (Å²) >= 11 is 0. The maximum atomic E-state index is 12.3. The van der Waals surface area contributed by atoms with Crippen LogP contribution in [0.5, 0.6) is 5.75 Å². The third-order valence-electron chi connectivity index (χ3n) is 2.93. The fourth-order valence-corrected chi connectivity index (χ4v) is 1.67. The highest BCUT2D eigenvalue weighted by Gasteiger charge is 2.32. The first kappa shape index (κ1) is 17.3. The summed E-state index contributed by atoms with van der Waals surface area (Å²) in [6.07, 6.45) is -4.51. The molecule has 7 heteroatoms. The molecular formula is C14H18F3NO3. The highest BCUT2D eigenvalue weighted by molar-refractivity contribution is 5.77. The number of ether oxygens (including phenoxy) is 1. The molecule has 0 unspecified atom stereocenters. The first-order valence-electron chi connectivity index (χ1n) is 6.38. The molecule has 0 fully saturated rings. The largest absolute Gasteiger partial charge is 0.484 e. The fourth-order valence-electron chi connectivity index (χ4n) is 1.67. The molecule has 0 atom stereocenters. The van der Waals surface area contributed by atoms with E-state index < -0.39 is 31.8 Å².